The van der Waals surface area contributed by atoms with Crippen molar-refractivity contribution in [3.05, 3.63) is 30.3 Å². The van der Waals surface area contributed by atoms with Crippen molar-refractivity contribution in [2.75, 3.05) is 0 Å². The van der Waals surface area contributed by atoms with Crippen molar-refractivity contribution >= 4 is 8.60 Å². The van der Waals surface area contributed by atoms with E-state index in [1.165, 1.54) is 0 Å². The first-order valence-corrected chi connectivity index (χ1v) is 5.17. The quantitative estimate of drug-likeness (QED) is 0.683. The van der Waals surface area contributed by atoms with Crippen LogP contribution in [0.15, 0.2) is 30.3 Å². The molecule has 0 aromatic heterocycles. The summed E-state index contributed by atoms with van der Waals surface area (Å²) in [4.78, 5) is 0. The van der Waals surface area contributed by atoms with E-state index in [2.05, 4.69) is 0 Å². The summed E-state index contributed by atoms with van der Waals surface area (Å²) in [6.07, 6.45) is 0. The van der Waals surface area contributed by atoms with Crippen molar-refractivity contribution in [3.8, 4) is 5.75 Å². The zero-order chi connectivity index (χ0) is 9.31. The highest BCUT2D eigenvalue weighted by atomic mass is 31.2. The van der Waals surface area contributed by atoms with Crippen LogP contribution in [0.2, 0.25) is 0 Å². The minimum Gasteiger partial charge on any atom is -0.427 e. The van der Waals surface area contributed by atoms with E-state index in [-0.39, 0.29) is 0 Å². The Balaban J connectivity index is 1.88. The minimum atomic E-state index is -1.16. The number of benzene rings is 1. The molecule has 0 atom stereocenters. The number of para-hydroxylation sites is 1. The molecule has 0 spiro atoms. The maximum Gasteiger partial charge on any atom is 0.402 e. The zero-order valence-electron chi connectivity index (χ0n) is 7.56. The Morgan fingerprint density at radius 2 is 1.77 bits per heavy atom. The van der Waals surface area contributed by atoms with Crippen molar-refractivity contribution in [1.82, 2.24) is 0 Å². The van der Waals surface area contributed by atoms with Crippen LogP contribution in [-0.2, 0) is 9.05 Å². The Labute approximate surface area is 78.6 Å². The van der Waals surface area contributed by atoms with Gasteiger partial charge in [0.05, 0.1) is 0 Å². The van der Waals surface area contributed by atoms with Crippen molar-refractivity contribution in [3.63, 3.8) is 0 Å². The maximum absolute atomic E-state index is 5.41. The molecule has 2 rings (SSSR count). The molecule has 4 heteroatoms. The summed E-state index contributed by atoms with van der Waals surface area (Å²) in [6.45, 7) is 3.72. The van der Waals surface area contributed by atoms with Crippen molar-refractivity contribution in [1.29, 1.82) is 0 Å². The second-order valence-corrected chi connectivity index (χ2v) is 4.21. The van der Waals surface area contributed by atoms with Crippen LogP contribution in [-0.4, -0.2) is 5.79 Å². The molecule has 0 unspecified atom stereocenters. The van der Waals surface area contributed by atoms with Crippen LogP contribution in [0.1, 0.15) is 13.8 Å². The monoisotopic (exact) mass is 198 g/mol. The third kappa shape index (κ3) is 2.19. The average molecular weight is 198 g/mol. The molecule has 1 aromatic carbocycles. The lowest BCUT2D eigenvalue weighted by Crippen LogP contribution is -2.35. The van der Waals surface area contributed by atoms with E-state index in [1.54, 1.807) is 0 Å². The van der Waals surface area contributed by atoms with E-state index in [0.29, 0.717) is 0 Å². The molecule has 70 valence electrons. The normalized spacial score (nSPS) is 20.8. The van der Waals surface area contributed by atoms with Crippen LogP contribution in [0.5, 0.6) is 5.75 Å². The van der Waals surface area contributed by atoms with E-state index in [0.717, 1.165) is 5.75 Å². The Morgan fingerprint density at radius 1 is 1.15 bits per heavy atom. The van der Waals surface area contributed by atoms with Gasteiger partial charge in [0.2, 0.25) is 0 Å². The summed E-state index contributed by atoms with van der Waals surface area (Å²) in [5.41, 5.74) is 0. The lowest BCUT2D eigenvalue weighted by atomic mass is 10.3. The van der Waals surface area contributed by atoms with Gasteiger partial charge in [-0.15, -0.1) is 0 Å². The number of rotatable bonds is 2. The van der Waals surface area contributed by atoms with E-state index in [1.807, 2.05) is 44.2 Å². The molecule has 3 nitrogen and oxygen atoms in total. The molecule has 13 heavy (non-hydrogen) atoms. The minimum absolute atomic E-state index is 0.472. The van der Waals surface area contributed by atoms with Crippen LogP contribution in [0, 0.1) is 0 Å². The Bertz CT molecular complexity index is 278. The smallest absolute Gasteiger partial charge is 0.402 e. The van der Waals surface area contributed by atoms with Gasteiger partial charge in [0, 0.05) is 0 Å². The highest BCUT2D eigenvalue weighted by Crippen LogP contribution is 2.56. The van der Waals surface area contributed by atoms with Crippen LogP contribution in [0.4, 0.5) is 0 Å². The topological polar surface area (TPSA) is 27.7 Å². The van der Waals surface area contributed by atoms with Crippen LogP contribution >= 0.6 is 8.60 Å². The fourth-order valence-corrected chi connectivity index (χ4v) is 2.07. The largest absolute Gasteiger partial charge is 0.427 e. The molecule has 0 saturated carbocycles. The fourth-order valence-electron chi connectivity index (χ4n) is 0.971. The molecule has 1 fully saturated rings. The molecule has 1 saturated heterocycles. The summed E-state index contributed by atoms with van der Waals surface area (Å²) in [6, 6.07) is 9.51. The van der Waals surface area contributed by atoms with Crippen LogP contribution < -0.4 is 4.52 Å². The van der Waals surface area contributed by atoms with Gasteiger partial charge < -0.3 is 4.52 Å². The van der Waals surface area contributed by atoms with E-state index < -0.39 is 14.4 Å². The predicted molar refractivity (Wildman–Crippen MR) is 50.2 cm³/mol. The molecule has 1 heterocycles. The van der Waals surface area contributed by atoms with Crippen molar-refractivity contribution < 1.29 is 13.6 Å². The third-order valence-electron chi connectivity index (χ3n) is 1.51. The van der Waals surface area contributed by atoms with E-state index in [4.69, 9.17) is 13.6 Å². The molecule has 0 aliphatic carbocycles. The van der Waals surface area contributed by atoms with E-state index >= 15 is 0 Å². The average Bonchev–Trinajstić information content (AvgIpc) is 2.03. The van der Waals surface area contributed by atoms with Crippen LogP contribution in [0.3, 0.4) is 0 Å². The molecule has 0 radical (unpaired) electrons. The standard InChI is InChI=1S/C9H11O3P/c1-9(2)11-13(12-9)10-8-6-4-3-5-7-8/h3-7H,1-2H3. The number of hydrogen-bond acceptors (Lipinski definition) is 3. The second-order valence-electron chi connectivity index (χ2n) is 3.21. The SMILES string of the molecule is CC1(C)OP(Oc2ccccc2)O1. The first kappa shape index (κ1) is 8.95. The van der Waals surface area contributed by atoms with Gasteiger partial charge in [-0.3, -0.25) is 9.05 Å². The first-order valence-electron chi connectivity index (χ1n) is 4.07. The molecule has 1 aromatic rings. The summed E-state index contributed by atoms with van der Waals surface area (Å²) >= 11 is 0. The molecule has 0 amide bonds. The van der Waals surface area contributed by atoms with Gasteiger partial charge in [-0.05, 0) is 26.0 Å². The molecule has 0 bridgehead atoms. The Kier molecular flexibility index (Phi) is 2.24. The highest BCUT2D eigenvalue weighted by Gasteiger charge is 2.42. The number of hydrogen-bond donors (Lipinski definition) is 0. The van der Waals surface area contributed by atoms with Gasteiger partial charge in [-0.25, -0.2) is 0 Å². The summed E-state index contributed by atoms with van der Waals surface area (Å²) in [5.74, 6) is 0.310. The van der Waals surface area contributed by atoms with Gasteiger partial charge in [-0.2, -0.15) is 0 Å². The van der Waals surface area contributed by atoms with Gasteiger partial charge >= 0.3 is 8.60 Å². The van der Waals surface area contributed by atoms with Gasteiger partial charge in [0.15, 0.2) is 5.79 Å². The molecule has 1 aliphatic rings. The third-order valence-corrected chi connectivity index (χ3v) is 3.05. The summed E-state index contributed by atoms with van der Waals surface area (Å²) in [7, 11) is -1.16. The zero-order valence-corrected chi connectivity index (χ0v) is 8.45. The predicted octanol–water partition coefficient (Wildman–Crippen LogP) is 3.08. The first-order chi connectivity index (χ1) is 6.16. The van der Waals surface area contributed by atoms with Gasteiger partial charge in [0.25, 0.3) is 0 Å². The lowest BCUT2D eigenvalue weighted by molar-refractivity contribution is -0.167. The lowest BCUT2D eigenvalue weighted by Gasteiger charge is -2.39. The highest BCUT2D eigenvalue weighted by molar-refractivity contribution is 7.43. The maximum atomic E-state index is 5.41. The van der Waals surface area contributed by atoms with E-state index in [9.17, 15) is 0 Å². The second kappa shape index (κ2) is 3.26. The molecular weight excluding hydrogens is 187 g/mol. The Morgan fingerprint density at radius 3 is 2.31 bits per heavy atom. The van der Waals surface area contributed by atoms with Crippen molar-refractivity contribution in [2.24, 2.45) is 0 Å². The summed E-state index contributed by atoms with van der Waals surface area (Å²) in [5, 5.41) is 0. The van der Waals surface area contributed by atoms with Gasteiger partial charge in [-0.1, -0.05) is 18.2 Å². The van der Waals surface area contributed by atoms with Crippen LogP contribution in [0.25, 0.3) is 0 Å². The van der Waals surface area contributed by atoms with Crippen molar-refractivity contribution in [2.45, 2.75) is 19.6 Å². The molecular formula is C9H11O3P. The van der Waals surface area contributed by atoms with Gasteiger partial charge in [0.1, 0.15) is 5.75 Å². The molecule has 0 N–H and O–H groups in total. The fraction of sp³-hybridized carbons (Fsp3) is 0.333. The Hall–Kier alpha value is -0.630. The molecule has 1 aliphatic heterocycles. The summed E-state index contributed by atoms with van der Waals surface area (Å²) < 4.78 is 16.1.